The Kier molecular flexibility index (Phi) is 2.73. The Balaban J connectivity index is 2.28. The van der Waals surface area contributed by atoms with Gasteiger partial charge >= 0.3 is 0 Å². The van der Waals surface area contributed by atoms with E-state index >= 15 is 0 Å². The van der Waals surface area contributed by atoms with E-state index in [2.05, 4.69) is 20.5 Å². The van der Waals surface area contributed by atoms with Crippen LogP contribution in [-0.4, -0.2) is 26.8 Å². The molecule has 0 radical (unpaired) electrons. The third-order valence-electron chi connectivity index (χ3n) is 2.14. The fourth-order valence-electron chi connectivity index (χ4n) is 1.38. The number of hydrogen-bond acceptors (Lipinski definition) is 4. The fourth-order valence-corrected chi connectivity index (χ4v) is 1.38. The van der Waals surface area contributed by atoms with Gasteiger partial charge < -0.3 is 5.32 Å². The molecule has 2 aromatic heterocycles. The largest absolute Gasteiger partial charge is 0.314 e. The van der Waals surface area contributed by atoms with Gasteiger partial charge in [0, 0.05) is 18.9 Å². The van der Waals surface area contributed by atoms with Gasteiger partial charge in [0.25, 0.3) is 0 Å². The number of aromatic nitrogens is 4. The second kappa shape index (κ2) is 4.18. The molecular formula is C10H13N5. The first-order valence-corrected chi connectivity index (χ1v) is 4.79. The van der Waals surface area contributed by atoms with Gasteiger partial charge in [-0.1, -0.05) is 0 Å². The maximum Gasteiger partial charge on any atom is 0.160 e. The molecule has 2 aromatic rings. The molecular weight excluding hydrogens is 190 g/mol. The molecule has 0 aliphatic carbocycles. The number of imidazole rings is 1. The summed E-state index contributed by atoms with van der Waals surface area (Å²) >= 11 is 0. The average molecular weight is 203 g/mol. The van der Waals surface area contributed by atoms with E-state index in [1.54, 1.807) is 6.20 Å². The summed E-state index contributed by atoms with van der Waals surface area (Å²) in [6.45, 7) is 2.67. The van der Waals surface area contributed by atoms with Gasteiger partial charge in [-0.05, 0) is 26.1 Å². The van der Waals surface area contributed by atoms with Crippen molar-refractivity contribution >= 4 is 0 Å². The van der Waals surface area contributed by atoms with Crippen molar-refractivity contribution in [2.45, 2.75) is 13.5 Å². The first kappa shape index (κ1) is 9.79. The standard InChI is InChI=1S/C10H13N5/c1-8-12-5-6-15(8)10-4-3-9(7-11-2)13-14-10/h3-6,11H,7H2,1-2H3. The first-order valence-electron chi connectivity index (χ1n) is 4.79. The van der Waals surface area contributed by atoms with Crippen molar-refractivity contribution in [3.05, 3.63) is 36.0 Å². The molecule has 1 N–H and O–H groups in total. The lowest BCUT2D eigenvalue weighted by atomic mass is 10.4. The molecule has 0 fully saturated rings. The summed E-state index contributed by atoms with van der Waals surface area (Å²) in [4.78, 5) is 4.13. The predicted octanol–water partition coefficient (Wildman–Crippen LogP) is 0.690. The quantitative estimate of drug-likeness (QED) is 0.797. The maximum atomic E-state index is 4.13. The SMILES string of the molecule is CNCc1ccc(-n2ccnc2C)nn1. The van der Waals surface area contributed by atoms with E-state index in [4.69, 9.17) is 0 Å². The molecule has 0 aliphatic heterocycles. The van der Waals surface area contributed by atoms with E-state index in [-0.39, 0.29) is 0 Å². The third-order valence-corrected chi connectivity index (χ3v) is 2.14. The van der Waals surface area contributed by atoms with E-state index in [9.17, 15) is 0 Å². The highest BCUT2D eigenvalue weighted by Crippen LogP contribution is 2.06. The Morgan fingerprint density at radius 1 is 1.33 bits per heavy atom. The van der Waals surface area contributed by atoms with Gasteiger partial charge in [-0.15, -0.1) is 5.10 Å². The normalized spacial score (nSPS) is 10.5. The molecule has 2 heterocycles. The number of nitrogens with zero attached hydrogens (tertiary/aromatic N) is 4. The van der Waals surface area contributed by atoms with E-state index in [1.807, 2.05) is 36.9 Å². The van der Waals surface area contributed by atoms with E-state index < -0.39 is 0 Å². The molecule has 0 aromatic carbocycles. The van der Waals surface area contributed by atoms with Crippen LogP contribution in [0, 0.1) is 6.92 Å². The van der Waals surface area contributed by atoms with Gasteiger partial charge in [0.05, 0.1) is 5.69 Å². The lowest BCUT2D eigenvalue weighted by molar-refractivity contribution is 0.756. The van der Waals surface area contributed by atoms with Crippen molar-refractivity contribution in [1.82, 2.24) is 25.1 Å². The average Bonchev–Trinajstić information content (AvgIpc) is 2.66. The van der Waals surface area contributed by atoms with Crippen molar-refractivity contribution in [2.24, 2.45) is 0 Å². The summed E-state index contributed by atoms with van der Waals surface area (Å²) in [6, 6.07) is 3.90. The molecule has 0 atom stereocenters. The molecule has 5 heteroatoms. The van der Waals surface area contributed by atoms with Crippen molar-refractivity contribution in [1.29, 1.82) is 0 Å². The highest BCUT2D eigenvalue weighted by molar-refractivity contribution is 5.23. The number of rotatable bonds is 3. The van der Waals surface area contributed by atoms with Crippen LogP contribution >= 0.6 is 0 Å². The van der Waals surface area contributed by atoms with Crippen LogP contribution in [0.3, 0.4) is 0 Å². The van der Waals surface area contributed by atoms with Crippen LogP contribution in [0.5, 0.6) is 0 Å². The van der Waals surface area contributed by atoms with Crippen LogP contribution in [-0.2, 0) is 6.54 Å². The zero-order chi connectivity index (χ0) is 10.7. The summed E-state index contributed by atoms with van der Waals surface area (Å²) in [5.41, 5.74) is 0.930. The number of nitrogens with one attached hydrogen (secondary N) is 1. The van der Waals surface area contributed by atoms with E-state index in [0.29, 0.717) is 0 Å². The van der Waals surface area contributed by atoms with Crippen LogP contribution in [0.15, 0.2) is 24.5 Å². The van der Waals surface area contributed by atoms with Crippen LogP contribution in [0.25, 0.3) is 5.82 Å². The highest BCUT2D eigenvalue weighted by atomic mass is 15.2. The van der Waals surface area contributed by atoms with Gasteiger partial charge in [0.2, 0.25) is 0 Å². The Morgan fingerprint density at radius 3 is 2.73 bits per heavy atom. The zero-order valence-corrected chi connectivity index (χ0v) is 8.81. The lowest BCUT2D eigenvalue weighted by Gasteiger charge is -2.03. The highest BCUT2D eigenvalue weighted by Gasteiger charge is 2.02. The monoisotopic (exact) mass is 203 g/mol. The maximum absolute atomic E-state index is 4.13. The lowest BCUT2D eigenvalue weighted by Crippen LogP contribution is -2.09. The molecule has 0 spiro atoms. The molecule has 15 heavy (non-hydrogen) atoms. The van der Waals surface area contributed by atoms with Crippen molar-refractivity contribution < 1.29 is 0 Å². The van der Waals surface area contributed by atoms with Gasteiger partial charge in [-0.2, -0.15) is 5.10 Å². The van der Waals surface area contributed by atoms with Crippen molar-refractivity contribution in [3.8, 4) is 5.82 Å². The van der Waals surface area contributed by atoms with Crippen molar-refractivity contribution in [3.63, 3.8) is 0 Å². The molecule has 78 valence electrons. The molecule has 0 saturated heterocycles. The molecule has 2 rings (SSSR count). The van der Waals surface area contributed by atoms with E-state index in [0.717, 1.165) is 23.9 Å². The van der Waals surface area contributed by atoms with Crippen LogP contribution in [0.1, 0.15) is 11.5 Å². The topological polar surface area (TPSA) is 55.6 Å². The Hall–Kier alpha value is -1.75. The second-order valence-corrected chi connectivity index (χ2v) is 3.26. The number of hydrogen-bond donors (Lipinski definition) is 1. The minimum atomic E-state index is 0.732. The summed E-state index contributed by atoms with van der Waals surface area (Å²) in [6.07, 6.45) is 3.62. The van der Waals surface area contributed by atoms with Gasteiger partial charge in [-0.3, -0.25) is 4.57 Å². The van der Waals surface area contributed by atoms with Crippen LogP contribution < -0.4 is 5.32 Å². The Bertz CT molecular complexity index is 431. The Labute approximate surface area is 88.2 Å². The van der Waals surface area contributed by atoms with Gasteiger partial charge in [-0.25, -0.2) is 4.98 Å². The molecule has 0 bridgehead atoms. The summed E-state index contributed by atoms with van der Waals surface area (Å²) in [7, 11) is 1.88. The third kappa shape index (κ3) is 2.02. The van der Waals surface area contributed by atoms with Crippen molar-refractivity contribution in [2.75, 3.05) is 7.05 Å². The first-order chi connectivity index (χ1) is 7.31. The van der Waals surface area contributed by atoms with Crippen LogP contribution in [0.2, 0.25) is 0 Å². The molecule has 0 amide bonds. The molecule has 0 unspecified atom stereocenters. The minimum absolute atomic E-state index is 0.732. The minimum Gasteiger partial charge on any atom is -0.314 e. The predicted molar refractivity (Wildman–Crippen MR) is 56.7 cm³/mol. The fraction of sp³-hybridized carbons (Fsp3) is 0.300. The smallest absolute Gasteiger partial charge is 0.160 e. The van der Waals surface area contributed by atoms with E-state index in [1.165, 1.54) is 0 Å². The summed E-state index contributed by atoms with van der Waals surface area (Å²) in [5.74, 6) is 1.70. The Morgan fingerprint density at radius 2 is 2.20 bits per heavy atom. The molecule has 0 aliphatic rings. The van der Waals surface area contributed by atoms with Gasteiger partial charge in [0.15, 0.2) is 5.82 Å². The summed E-state index contributed by atoms with van der Waals surface area (Å²) in [5, 5.41) is 11.3. The van der Waals surface area contributed by atoms with Gasteiger partial charge in [0.1, 0.15) is 5.82 Å². The molecule has 5 nitrogen and oxygen atoms in total. The number of aryl methyl sites for hydroxylation is 1. The molecule has 0 saturated carbocycles. The second-order valence-electron chi connectivity index (χ2n) is 3.26. The summed E-state index contributed by atoms with van der Waals surface area (Å²) < 4.78 is 1.90. The zero-order valence-electron chi connectivity index (χ0n) is 8.81. The van der Waals surface area contributed by atoms with Crippen LogP contribution in [0.4, 0.5) is 0 Å².